The number of hydrogen-bond donors (Lipinski definition) is 0. The molecule has 2 aromatic heterocycles. The van der Waals surface area contributed by atoms with Crippen molar-refractivity contribution in [3.05, 3.63) is 18.0 Å². The van der Waals surface area contributed by atoms with Crippen LogP contribution in [0.5, 0.6) is 0 Å². The van der Waals surface area contributed by atoms with Crippen molar-refractivity contribution in [3.63, 3.8) is 0 Å². The lowest BCUT2D eigenvalue weighted by Gasteiger charge is -1.79. The molecule has 0 saturated heterocycles. The maximum atomic E-state index is 5.20. The number of furan rings is 1. The van der Waals surface area contributed by atoms with E-state index >= 15 is 0 Å². The van der Waals surface area contributed by atoms with Gasteiger partial charge in [0.2, 0.25) is 0 Å². The second-order valence-electron chi connectivity index (χ2n) is 2.04. The summed E-state index contributed by atoms with van der Waals surface area (Å²) in [4.78, 5) is 0. The lowest BCUT2D eigenvalue weighted by atomic mass is 10.4. The van der Waals surface area contributed by atoms with E-state index in [0.29, 0.717) is 5.58 Å². The minimum Gasteiger partial charge on any atom is -0.458 e. The summed E-state index contributed by atoms with van der Waals surface area (Å²) in [6.07, 6.45) is 1.55. The number of aromatic nitrogens is 3. The van der Waals surface area contributed by atoms with Gasteiger partial charge in [-0.3, -0.25) is 0 Å². The smallest absolute Gasteiger partial charge is 0.174 e. The van der Waals surface area contributed by atoms with Gasteiger partial charge in [-0.25, -0.2) is 0 Å². The van der Waals surface area contributed by atoms with Crippen molar-refractivity contribution < 1.29 is 4.42 Å². The fourth-order valence-electron chi connectivity index (χ4n) is 0.842. The van der Waals surface area contributed by atoms with Crippen LogP contribution in [0.15, 0.2) is 16.7 Å². The molecule has 2 heterocycles. The molecule has 0 fully saturated rings. The number of rotatable bonds is 0. The molecule has 0 atom stereocenters. The van der Waals surface area contributed by atoms with Crippen molar-refractivity contribution in [2.45, 2.75) is 6.92 Å². The first-order chi connectivity index (χ1) is 4.86. The predicted octanol–water partition coefficient (Wildman–Crippen LogP) is 0.926. The Bertz CT molecular complexity index is 322. The van der Waals surface area contributed by atoms with Gasteiger partial charge in [0.05, 0.1) is 6.20 Å². The molecule has 0 unspecified atom stereocenters. The van der Waals surface area contributed by atoms with Gasteiger partial charge in [0.1, 0.15) is 11.3 Å². The molecule has 0 spiro atoms. The molecule has 4 heteroatoms. The van der Waals surface area contributed by atoms with Gasteiger partial charge < -0.3 is 4.42 Å². The van der Waals surface area contributed by atoms with Crippen molar-refractivity contribution in [2.75, 3.05) is 0 Å². The van der Waals surface area contributed by atoms with Crippen LogP contribution in [0.4, 0.5) is 0 Å². The fourth-order valence-corrected chi connectivity index (χ4v) is 0.842. The van der Waals surface area contributed by atoms with Crippen LogP contribution in [0.1, 0.15) is 5.76 Å². The summed E-state index contributed by atoms with van der Waals surface area (Å²) in [6, 6.07) is 1.82. The number of aryl methyl sites for hydroxylation is 1. The number of hydrogen-bond acceptors (Lipinski definition) is 4. The summed E-state index contributed by atoms with van der Waals surface area (Å²) in [7, 11) is 0. The van der Waals surface area contributed by atoms with E-state index in [1.54, 1.807) is 6.20 Å². The Labute approximate surface area is 56.9 Å². The van der Waals surface area contributed by atoms with Crippen molar-refractivity contribution >= 4 is 11.1 Å². The molecule has 0 bridgehead atoms. The lowest BCUT2D eigenvalue weighted by molar-refractivity contribution is 0.575. The highest BCUT2D eigenvalue weighted by molar-refractivity contribution is 5.70. The first-order valence-corrected chi connectivity index (χ1v) is 2.91. The molecule has 2 rings (SSSR count). The van der Waals surface area contributed by atoms with Gasteiger partial charge in [-0.2, -0.15) is 0 Å². The molecular formula is C6H5N3O. The Kier molecular flexibility index (Phi) is 0.943. The van der Waals surface area contributed by atoms with Gasteiger partial charge >= 0.3 is 0 Å². The van der Waals surface area contributed by atoms with Crippen LogP contribution in [0.3, 0.4) is 0 Å². The first kappa shape index (κ1) is 5.34. The third-order valence-electron chi connectivity index (χ3n) is 1.24. The fraction of sp³-hybridized carbons (Fsp3) is 0.167. The lowest BCUT2D eigenvalue weighted by Crippen LogP contribution is -1.82. The molecule has 0 aliphatic rings. The van der Waals surface area contributed by atoms with Crippen LogP contribution >= 0.6 is 0 Å². The first-order valence-electron chi connectivity index (χ1n) is 2.91. The molecular weight excluding hydrogens is 130 g/mol. The third-order valence-corrected chi connectivity index (χ3v) is 1.24. The standard InChI is InChI=1S/C6H5N3O/c1-4-2-5-6(10-4)3-7-9-8-5/h2-3H,1H3. The van der Waals surface area contributed by atoms with Crippen molar-refractivity contribution in [1.29, 1.82) is 0 Å². The molecule has 0 aliphatic heterocycles. The summed E-state index contributed by atoms with van der Waals surface area (Å²) < 4.78 is 5.20. The van der Waals surface area contributed by atoms with Crippen molar-refractivity contribution in [2.24, 2.45) is 0 Å². The Hall–Kier alpha value is -1.45. The molecule has 2 aromatic rings. The summed E-state index contributed by atoms with van der Waals surface area (Å²) in [5.74, 6) is 0.831. The van der Waals surface area contributed by atoms with Gasteiger partial charge in [-0.15, -0.1) is 10.2 Å². The second-order valence-corrected chi connectivity index (χ2v) is 2.04. The highest BCUT2D eigenvalue weighted by atomic mass is 16.3. The Balaban J connectivity index is 2.88. The molecule has 10 heavy (non-hydrogen) atoms. The average Bonchev–Trinajstić information content (AvgIpc) is 2.27. The molecule has 0 aromatic carbocycles. The normalized spacial score (nSPS) is 10.5. The van der Waals surface area contributed by atoms with Gasteiger partial charge in [0.15, 0.2) is 5.58 Å². The minimum atomic E-state index is 0.688. The summed E-state index contributed by atoms with van der Waals surface area (Å²) in [6.45, 7) is 1.86. The van der Waals surface area contributed by atoms with E-state index < -0.39 is 0 Å². The monoisotopic (exact) mass is 135 g/mol. The van der Waals surface area contributed by atoms with Gasteiger partial charge in [0, 0.05) is 6.07 Å². The largest absolute Gasteiger partial charge is 0.458 e. The zero-order chi connectivity index (χ0) is 6.97. The zero-order valence-electron chi connectivity index (χ0n) is 5.40. The van der Waals surface area contributed by atoms with Crippen molar-refractivity contribution in [3.8, 4) is 0 Å². The van der Waals surface area contributed by atoms with Crippen molar-refractivity contribution in [1.82, 2.24) is 15.4 Å². The van der Waals surface area contributed by atoms with Crippen LogP contribution in [0.2, 0.25) is 0 Å². The molecule has 0 amide bonds. The highest BCUT2D eigenvalue weighted by Gasteiger charge is 1.99. The van der Waals surface area contributed by atoms with Crippen LogP contribution in [-0.4, -0.2) is 15.4 Å². The average molecular weight is 135 g/mol. The summed E-state index contributed by atoms with van der Waals surface area (Å²) in [5, 5.41) is 10.8. The molecule has 4 nitrogen and oxygen atoms in total. The minimum absolute atomic E-state index is 0.688. The zero-order valence-corrected chi connectivity index (χ0v) is 5.40. The van der Waals surface area contributed by atoms with E-state index in [1.165, 1.54) is 0 Å². The van der Waals surface area contributed by atoms with Crippen LogP contribution in [-0.2, 0) is 0 Å². The van der Waals surface area contributed by atoms with Gasteiger partial charge in [-0.05, 0) is 12.1 Å². The second kappa shape index (κ2) is 1.76. The van der Waals surface area contributed by atoms with E-state index in [4.69, 9.17) is 4.42 Å². The maximum Gasteiger partial charge on any atom is 0.174 e. The van der Waals surface area contributed by atoms with Crippen LogP contribution < -0.4 is 0 Å². The third kappa shape index (κ3) is 0.655. The Morgan fingerprint density at radius 3 is 3.20 bits per heavy atom. The molecule has 0 saturated carbocycles. The molecule has 0 aliphatic carbocycles. The summed E-state index contributed by atoms with van der Waals surface area (Å²) in [5.41, 5.74) is 1.44. The quantitative estimate of drug-likeness (QED) is 0.539. The van der Waals surface area contributed by atoms with E-state index in [0.717, 1.165) is 11.3 Å². The SMILES string of the molecule is Cc1cc2nnncc2o1. The van der Waals surface area contributed by atoms with Crippen LogP contribution in [0.25, 0.3) is 11.1 Å². The van der Waals surface area contributed by atoms with Crippen LogP contribution in [0, 0.1) is 6.92 Å². The molecule has 0 radical (unpaired) electrons. The molecule has 0 N–H and O–H groups in total. The number of nitrogens with zero attached hydrogens (tertiary/aromatic N) is 3. The highest BCUT2D eigenvalue weighted by Crippen LogP contribution is 2.12. The summed E-state index contributed by atoms with van der Waals surface area (Å²) >= 11 is 0. The topological polar surface area (TPSA) is 51.8 Å². The van der Waals surface area contributed by atoms with E-state index in [1.807, 2.05) is 13.0 Å². The van der Waals surface area contributed by atoms with Gasteiger partial charge in [-0.1, -0.05) is 0 Å². The number of fused-ring (bicyclic) bond motifs is 1. The Morgan fingerprint density at radius 1 is 1.50 bits per heavy atom. The predicted molar refractivity (Wildman–Crippen MR) is 34.3 cm³/mol. The Morgan fingerprint density at radius 2 is 2.40 bits per heavy atom. The van der Waals surface area contributed by atoms with E-state index in [2.05, 4.69) is 15.4 Å². The molecule has 50 valence electrons. The van der Waals surface area contributed by atoms with Gasteiger partial charge in [0.25, 0.3) is 0 Å². The maximum absolute atomic E-state index is 5.20. The van der Waals surface area contributed by atoms with E-state index in [-0.39, 0.29) is 0 Å². The van der Waals surface area contributed by atoms with E-state index in [9.17, 15) is 0 Å².